The maximum atomic E-state index is 12.6. The highest BCUT2D eigenvalue weighted by atomic mass is 16.7. The fraction of sp³-hybridized carbons (Fsp3) is 0.591. The molecule has 2 aromatic rings. The van der Waals surface area contributed by atoms with Crippen molar-refractivity contribution in [2.45, 2.75) is 75.0 Å². The number of rotatable bonds is 4. The van der Waals surface area contributed by atoms with Gasteiger partial charge in [-0.25, -0.2) is 24.5 Å². The van der Waals surface area contributed by atoms with Gasteiger partial charge < -0.3 is 44.7 Å². The molecule has 0 radical (unpaired) electrons. The van der Waals surface area contributed by atoms with E-state index in [1.165, 1.54) is 30.2 Å². The van der Waals surface area contributed by atoms with E-state index in [1.54, 1.807) is 6.92 Å². The smallest absolute Gasteiger partial charge is 0.337 e. The highest BCUT2D eigenvalue weighted by molar-refractivity contribution is 5.88. The number of aliphatic hydroxyl groups is 3. The van der Waals surface area contributed by atoms with E-state index in [-0.39, 0.29) is 17.8 Å². The highest BCUT2D eigenvalue weighted by Gasteiger charge is 2.67. The van der Waals surface area contributed by atoms with Crippen LogP contribution >= 0.6 is 0 Å². The van der Waals surface area contributed by atoms with Gasteiger partial charge in [-0.3, -0.25) is 4.57 Å². The van der Waals surface area contributed by atoms with Crippen LogP contribution in [0.3, 0.4) is 0 Å². The molecule has 0 spiro atoms. The Balaban J connectivity index is 1.48. The van der Waals surface area contributed by atoms with E-state index in [0.717, 1.165) is 7.11 Å². The first kappa shape index (κ1) is 25.4. The zero-order valence-electron chi connectivity index (χ0n) is 20.1. The van der Waals surface area contributed by atoms with Crippen LogP contribution in [0.1, 0.15) is 26.5 Å². The summed E-state index contributed by atoms with van der Waals surface area (Å²) in [6.07, 6.45) is -6.84. The van der Waals surface area contributed by atoms with Crippen molar-refractivity contribution >= 4 is 28.9 Å². The maximum absolute atomic E-state index is 12.6. The van der Waals surface area contributed by atoms with Gasteiger partial charge in [-0.05, 0) is 13.8 Å². The van der Waals surface area contributed by atoms with Gasteiger partial charge in [0.1, 0.15) is 36.3 Å². The van der Waals surface area contributed by atoms with Gasteiger partial charge in [0, 0.05) is 12.0 Å². The number of carbonyl (C=O) groups is 2. The summed E-state index contributed by atoms with van der Waals surface area (Å²) >= 11 is 0. The van der Waals surface area contributed by atoms with E-state index >= 15 is 0 Å². The third-order valence-corrected chi connectivity index (χ3v) is 6.96. The fourth-order valence-corrected chi connectivity index (χ4v) is 4.87. The molecule has 15 heteroatoms. The van der Waals surface area contributed by atoms with Gasteiger partial charge in [0.15, 0.2) is 29.9 Å². The molecule has 0 unspecified atom stereocenters. The minimum Gasteiger partial charge on any atom is -0.467 e. The van der Waals surface area contributed by atoms with Gasteiger partial charge in [0.05, 0.1) is 19.5 Å². The zero-order valence-corrected chi connectivity index (χ0v) is 20.1. The molecule has 3 fully saturated rings. The first-order chi connectivity index (χ1) is 17.6. The van der Waals surface area contributed by atoms with Gasteiger partial charge in [-0.1, -0.05) is 6.08 Å². The van der Waals surface area contributed by atoms with Crippen molar-refractivity contribution in [1.29, 1.82) is 0 Å². The summed E-state index contributed by atoms with van der Waals surface area (Å²) in [4.78, 5) is 37.1. The average Bonchev–Trinajstić information content (AvgIpc) is 3.45. The van der Waals surface area contributed by atoms with Crippen molar-refractivity contribution in [3.05, 3.63) is 24.3 Å². The first-order valence-electron chi connectivity index (χ1n) is 11.5. The number of imidazole rings is 1. The SMILES string of the molecule is C/C=C(\C)C(=O)O[C@H]1[C@H](O)[C@@H](C(=O)OC)O[C@@H]2C[C@H]3O[C@@H](n4cnc5c(N)ncnc54)[C@H](O)[C@H]3O[C@@]21O. The summed E-state index contributed by atoms with van der Waals surface area (Å²) in [5.41, 5.74) is 6.66. The third-order valence-electron chi connectivity index (χ3n) is 6.96. The standard InChI is InChI=1S/C22H27N5O10/c1-4-8(2)20(30)36-16-12(28)15(21(31)33-3)35-10-5-9-14(37-22(10,16)32)13(29)19(34-9)27-7-26-11-17(23)24-6-25-18(11)27/h4,6-7,9-10,12-16,19,28-29,32H,5H2,1-3H3,(H2,23,24,25)/b8-4+/t9-,10-,12-,13-,14+,15+,16+,19-,22+/m1/s1. The Labute approximate surface area is 209 Å². The Hall–Kier alpha value is -3.21. The minimum absolute atomic E-state index is 0.0880. The molecule has 200 valence electrons. The molecular formula is C22H27N5O10. The molecule has 0 aliphatic carbocycles. The topological polar surface area (TPSA) is 211 Å². The maximum Gasteiger partial charge on any atom is 0.337 e. The Bertz CT molecular complexity index is 1250. The Morgan fingerprint density at radius 3 is 2.70 bits per heavy atom. The monoisotopic (exact) mass is 521 g/mol. The van der Waals surface area contributed by atoms with E-state index in [1.807, 2.05) is 0 Å². The lowest BCUT2D eigenvalue weighted by molar-refractivity contribution is -0.396. The molecule has 37 heavy (non-hydrogen) atoms. The number of hydrogen-bond acceptors (Lipinski definition) is 14. The van der Waals surface area contributed by atoms with Crippen molar-refractivity contribution in [3.8, 4) is 0 Å². The minimum atomic E-state index is -2.43. The number of aliphatic hydroxyl groups excluding tert-OH is 2. The number of hydrogen-bond donors (Lipinski definition) is 4. The summed E-state index contributed by atoms with van der Waals surface area (Å²) in [7, 11) is 1.10. The van der Waals surface area contributed by atoms with Crippen molar-refractivity contribution in [1.82, 2.24) is 19.5 Å². The number of nitrogens with zero attached hydrogens (tertiary/aromatic N) is 4. The van der Waals surface area contributed by atoms with Crippen LogP contribution in [0.15, 0.2) is 24.3 Å². The Kier molecular flexibility index (Phi) is 6.37. The number of methoxy groups -OCH3 is 1. The number of carbonyl (C=O) groups excluding carboxylic acids is 2. The number of anilines is 1. The van der Waals surface area contributed by atoms with Crippen molar-refractivity contribution in [3.63, 3.8) is 0 Å². The molecule has 3 aliphatic heterocycles. The van der Waals surface area contributed by atoms with Crippen LogP contribution in [0.4, 0.5) is 5.82 Å². The van der Waals surface area contributed by atoms with Crippen LogP contribution in [0.5, 0.6) is 0 Å². The average molecular weight is 521 g/mol. The number of ether oxygens (including phenoxy) is 5. The molecule has 5 rings (SSSR count). The van der Waals surface area contributed by atoms with E-state index in [0.29, 0.717) is 11.2 Å². The van der Waals surface area contributed by atoms with Gasteiger partial charge >= 0.3 is 11.9 Å². The van der Waals surface area contributed by atoms with E-state index in [9.17, 15) is 24.9 Å². The third kappa shape index (κ3) is 3.94. The summed E-state index contributed by atoms with van der Waals surface area (Å²) in [5.74, 6) is -4.08. The molecule has 15 nitrogen and oxygen atoms in total. The van der Waals surface area contributed by atoms with Gasteiger partial charge in [0.25, 0.3) is 0 Å². The second-order valence-corrected chi connectivity index (χ2v) is 9.07. The van der Waals surface area contributed by atoms with Crippen LogP contribution in [0, 0.1) is 0 Å². The lowest BCUT2D eigenvalue weighted by atomic mass is 9.84. The molecule has 0 saturated carbocycles. The highest BCUT2D eigenvalue weighted by Crippen LogP contribution is 2.47. The summed E-state index contributed by atoms with van der Waals surface area (Å²) in [6.45, 7) is 3.09. The predicted octanol–water partition coefficient (Wildman–Crippen LogP) is -1.68. The molecule has 0 bridgehead atoms. The lowest BCUT2D eigenvalue weighted by Gasteiger charge is -2.52. The first-order valence-corrected chi connectivity index (χ1v) is 11.5. The van der Waals surface area contributed by atoms with E-state index in [2.05, 4.69) is 15.0 Å². The second kappa shape index (κ2) is 9.27. The summed E-state index contributed by atoms with van der Waals surface area (Å²) in [6, 6.07) is 0. The van der Waals surface area contributed by atoms with Crippen LogP contribution in [0.25, 0.3) is 11.2 Å². The lowest BCUT2D eigenvalue weighted by Crippen LogP contribution is -2.73. The van der Waals surface area contributed by atoms with Gasteiger partial charge in [-0.15, -0.1) is 0 Å². The number of esters is 2. The number of nitrogens with two attached hydrogens (primary N) is 1. The van der Waals surface area contributed by atoms with Gasteiger partial charge in [0.2, 0.25) is 5.79 Å². The van der Waals surface area contributed by atoms with Crippen LogP contribution < -0.4 is 5.73 Å². The van der Waals surface area contributed by atoms with Crippen molar-refractivity contribution in [2.75, 3.05) is 12.8 Å². The number of fused-ring (bicyclic) bond motifs is 3. The van der Waals surface area contributed by atoms with E-state index < -0.39 is 66.7 Å². The molecule has 0 aromatic carbocycles. The summed E-state index contributed by atoms with van der Waals surface area (Å²) in [5, 5.41) is 33.7. The molecule has 3 aliphatic rings. The Morgan fingerprint density at radius 1 is 1.24 bits per heavy atom. The fourth-order valence-electron chi connectivity index (χ4n) is 4.87. The van der Waals surface area contributed by atoms with Crippen molar-refractivity contribution in [2.24, 2.45) is 0 Å². The Morgan fingerprint density at radius 2 is 2.00 bits per heavy atom. The van der Waals surface area contributed by atoms with E-state index in [4.69, 9.17) is 29.4 Å². The zero-order chi connectivity index (χ0) is 26.6. The molecular weight excluding hydrogens is 494 g/mol. The molecule has 5 heterocycles. The van der Waals surface area contributed by atoms with Gasteiger partial charge in [-0.2, -0.15) is 0 Å². The molecule has 9 atom stereocenters. The molecule has 2 aromatic heterocycles. The van der Waals surface area contributed by atoms with Crippen molar-refractivity contribution < 1.29 is 48.6 Å². The van der Waals surface area contributed by atoms with Crippen LogP contribution in [-0.4, -0.2) is 102 Å². The normalized spacial score (nSPS) is 37.6. The van der Waals surface area contributed by atoms with Crippen LogP contribution in [0.2, 0.25) is 0 Å². The quantitative estimate of drug-likeness (QED) is 0.262. The summed E-state index contributed by atoms with van der Waals surface area (Å²) < 4.78 is 29.2. The molecule has 5 N–H and O–H groups in total. The predicted molar refractivity (Wildman–Crippen MR) is 120 cm³/mol. The number of aromatic nitrogens is 4. The molecule has 3 saturated heterocycles. The van der Waals surface area contributed by atoms with Crippen LogP contribution in [-0.2, 0) is 33.3 Å². The second-order valence-electron chi connectivity index (χ2n) is 9.07. The number of nitrogen functional groups attached to an aromatic ring is 1. The largest absolute Gasteiger partial charge is 0.467 e. The molecule has 0 amide bonds. The number of allylic oxidation sites excluding steroid dienone is 1.